The van der Waals surface area contributed by atoms with E-state index < -0.39 is 0 Å². The Morgan fingerprint density at radius 3 is 2.29 bits per heavy atom. The topological polar surface area (TPSA) is 12.0 Å². The smallest absolute Gasteiger partial charge is 0.0387 e. The van der Waals surface area contributed by atoms with Crippen LogP contribution in [-0.4, -0.2) is 0 Å². The van der Waals surface area contributed by atoms with Gasteiger partial charge in [-0.1, -0.05) is 62.2 Å². The summed E-state index contributed by atoms with van der Waals surface area (Å²) < 4.78 is 0. The third-order valence-corrected chi connectivity index (χ3v) is 11.1. The molecule has 4 saturated carbocycles. The molecule has 4 unspecified atom stereocenters. The molecule has 7 atom stereocenters. The molecule has 8 rings (SSSR count). The van der Waals surface area contributed by atoms with Gasteiger partial charge in [-0.25, -0.2) is 0 Å². The van der Waals surface area contributed by atoms with Crippen molar-refractivity contribution in [1.29, 1.82) is 0 Å². The Balaban J connectivity index is 1.14. The van der Waals surface area contributed by atoms with E-state index in [9.17, 15) is 0 Å². The largest absolute Gasteiger partial charge is 0.356 e. The predicted octanol–water partition coefficient (Wildman–Crippen LogP) is 9.06. The first-order valence-corrected chi connectivity index (χ1v) is 14.3. The molecule has 1 spiro atoms. The zero-order chi connectivity index (χ0) is 23.1. The molecule has 0 amide bonds. The second-order valence-electron chi connectivity index (χ2n) is 12.7. The highest BCUT2D eigenvalue weighted by Gasteiger charge is 2.56. The van der Waals surface area contributed by atoms with Gasteiger partial charge < -0.3 is 5.32 Å². The minimum atomic E-state index is 0.197. The van der Waals surface area contributed by atoms with Gasteiger partial charge in [-0.2, -0.15) is 0 Å². The van der Waals surface area contributed by atoms with Crippen LogP contribution in [0.1, 0.15) is 80.9 Å². The van der Waals surface area contributed by atoms with Crippen molar-refractivity contribution in [2.24, 2.45) is 29.6 Å². The molecule has 178 valence electrons. The van der Waals surface area contributed by atoms with E-state index in [2.05, 4.69) is 79.0 Å². The minimum absolute atomic E-state index is 0.197. The van der Waals surface area contributed by atoms with Gasteiger partial charge in [0.1, 0.15) is 0 Å². The number of rotatable bonds is 3. The molecule has 1 N–H and O–H groups in total. The monoisotopic (exact) mass is 459 g/mol. The third-order valence-electron chi connectivity index (χ3n) is 11.1. The van der Waals surface area contributed by atoms with Crippen LogP contribution in [0.2, 0.25) is 0 Å². The molecule has 0 saturated heterocycles. The summed E-state index contributed by atoms with van der Waals surface area (Å²) in [7, 11) is 0. The van der Waals surface area contributed by atoms with Crippen LogP contribution in [-0.2, 0) is 5.41 Å². The Morgan fingerprint density at radius 1 is 0.686 bits per heavy atom. The number of benzene rings is 3. The van der Waals surface area contributed by atoms with Gasteiger partial charge in [0.2, 0.25) is 0 Å². The van der Waals surface area contributed by atoms with Crippen molar-refractivity contribution >= 4 is 11.4 Å². The van der Waals surface area contributed by atoms with E-state index in [0.29, 0.717) is 5.92 Å². The second kappa shape index (κ2) is 7.48. The Morgan fingerprint density at radius 2 is 1.46 bits per heavy atom. The Bertz CT molecular complexity index is 1290. The van der Waals surface area contributed by atoms with Crippen LogP contribution in [0.3, 0.4) is 0 Å². The van der Waals surface area contributed by atoms with E-state index in [1.165, 1.54) is 73.9 Å². The molecule has 35 heavy (non-hydrogen) atoms. The summed E-state index contributed by atoms with van der Waals surface area (Å²) in [6, 6.07) is 26.0. The molecule has 1 nitrogen and oxygen atoms in total. The Kier molecular flexibility index (Phi) is 4.41. The van der Waals surface area contributed by atoms with Crippen molar-refractivity contribution in [3.8, 4) is 11.1 Å². The highest BCUT2D eigenvalue weighted by molar-refractivity contribution is 5.84. The molecule has 5 aliphatic carbocycles. The molecule has 0 aromatic heterocycles. The molecule has 1 heteroatoms. The fourth-order valence-corrected chi connectivity index (χ4v) is 9.82. The van der Waals surface area contributed by atoms with Crippen LogP contribution in [0.25, 0.3) is 11.1 Å². The van der Waals surface area contributed by atoms with E-state index >= 15 is 0 Å². The summed E-state index contributed by atoms with van der Waals surface area (Å²) in [5.41, 5.74) is 10.4. The third kappa shape index (κ3) is 2.87. The highest BCUT2D eigenvalue weighted by atomic mass is 14.9. The lowest BCUT2D eigenvalue weighted by Crippen LogP contribution is -2.43. The number of hydrogen-bond donors (Lipinski definition) is 1. The van der Waals surface area contributed by atoms with Gasteiger partial charge in [0.25, 0.3) is 0 Å². The van der Waals surface area contributed by atoms with Crippen molar-refractivity contribution in [3.05, 3.63) is 83.4 Å². The molecule has 4 fully saturated rings. The van der Waals surface area contributed by atoms with E-state index in [1.807, 2.05) is 0 Å². The fourth-order valence-electron chi connectivity index (χ4n) is 9.82. The Hall–Kier alpha value is -2.54. The maximum Gasteiger partial charge on any atom is 0.0387 e. The van der Waals surface area contributed by atoms with Crippen molar-refractivity contribution in [3.63, 3.8) is 0 Å². The van der Waals surface area contributed by atoms with Gasteiger partial charge in [-0.05, 0) is 126 Å². The maximum atomic E-state index is 3.79. The van der Waals surface area contributed by atoms with E-state index in [-0.39, 0.29) is 5.41 Å². The standard InChI is InChI=1S/C34H37N/c1-21-16-22-7-11-26(18-22)34(21)32-5-3-2-4-29(32)30-15-14-28(20-33(30)34)35-27-12-9-24(10-13-27)31-19-23-6-8-25(31)17-23/h2-5,9-10,12-15,20-23,25-26,31,35H,6-8,11,16-19H2,1H3/t21-,22+,23?,25?,26+,31?,34?/m1/s1. The number of fused-ring (bicyclic) bond motifs is 10. The van der Waals surface area contributed by atoms with Crippen molar-refractivity contribution in [1.82, 2.24) is 0 Å². The van der Waals surface area contributed by atoms with Gasteiger partial charge in [0.05, 0.1) is 0 Å². The van der Waals surface area contributed by atoms with Gasteiger partial charge in [-0.15, -0.1) is 0 Å². The first-order chi connectivity index (χ1) is 17.2. The van der Waals surface area contributed by atoms with E-state index in [1.54, 1.807) is 16.7 Å². The highest BCUT2D eigenvalue weighted by Crippen LogP contribution is 2.65. The summed E-state index contributed by atoms with van der Waals surface area (Å²) in [6.45, 7) is 2.55. The molecule has 4 bridgehead atoms. The SMILES string of the molecule is C[C@@H]1C[C@@H]2CC[C@@H](C2)C12c1ccccc1-c1ccc(Nc3ccc(C4CC5CCC4C5)cc3)cc12. The van der Waals surface area contributed by atoms with Crippen LogP contribution >= 0.6 is 0 Å². The number of anilines is 2. The molecule has 0 heterocycles. The quantitative estimate of drug-likeness (QED) is 0.412. The molecular formula is C34H37N. The lowest BCUT2D eigenvalue weighted by molar-refractivity contribution is 0.162. The zero-order valence-electron chi connectivity index (χ0n) is 21.0. The lowest BCUT2D eigenvalue weighted by Gasteiger charge is -2.47. The van der Waals surface area contributed by atoms with Gasteiger partial charge in [0, 0.05) is 16.8 Å². The van der Waals surface area contributed by atoms with Crippen LogP contribution in [0.15, 0.2) is 66.7 Å². The molecule has 0 radical (unpaired) electrons. The lowest BCUT2D eigenvalue weighted by atomic mass is 9.56. The normalized spacial score (nSPS) is 35.9. The van der Waals surface area contributed by atoms with Crippen LogP contribution < -0.4 is 5.32 Å². The van der Waals surface area contributed by atoms with Gasteiger partial charge >= 0.3 is 0 Å². The molecule has 3 aromatic carbocycles. The average molecular weight is 460 g/mol. The van der Waals surface area contributed by atoms with Gasteiger partial charge in [-0.3, -0.25) is 0 Å². The maximum absolute atomic E-state index is 3.79. The summed E-state index contributed by atoms with van der Waals surface area (Å²) >= 11 is 0. The molecule has 0 aliphatic heterocycles. The number of nitrogens with one attached hydrogen (secondary N) is 1. The average Bonchev–Trinajstić information content (AvgIpc) is 3.66. The first-order valence-electron chi connectivity index (χ1n) is 14.3. The van der Waals surface area contributed by atoms with Crippen LogP contribution in [0, 0.1) is 29.6 Å². The van der Waals surface area contributed by atoms with Crippen molar-refractivity contribution in [2.75, 3.05) is 5.32 Å². The first kappa shape index (κ1) is 20.6. The van der Waals surface area contributed by atoms with Crippen LogP contribution in [0.4, 0.5) is 11.4 Å². The van der Waals surface area contributed by atoms with Crippen molar-refractivity contribution in [2.45, 2.75) is 69.6 Å². The fraction of sp³-hybridized carbons (Fsp3) is 0.471. The van der Waals surface area contributed by atoms with E-state index in [0.717, 1.165) is 29.6 Å². The van der Waals surface area contributed by atoms with Gasteiger partial charge in [0.15, 0.2) is 0 Å². The molecule has 3 aromatic rings. The molecular weight excluding hydrogens is 422 g/mol. The summed E-state index contributed by atoms with van der Waals surface area (Å²) in [5, 5.41) is 3.79. The minimum Gasteiger partial charge on any atom is -0.356 e. The van der Waals surface area contributed by atoms with Crippen molar-refractivity contribution < 1.29 is 0 Å². The zero-order valence-corrected chi connectivity index (χ0v) is 21.0. The number of hydrogen-bond acceptors (Lipinski definition) is 1. The summed E-state index contributed by atoms with van der Waals surface area (Å²) in [4.78, 5) is 0. The van der Waals surface area contributed by atoms with Crippen LogP contribution in [0.5, 0.6) is 0 Å². The Labute approximate surface area is 210 Å². The summed E-state index contributed by atoms with van der Waals surface area (Å²) in [5.74, 6) is 5.20. The predicted molar refractivity (Wildman–Crippen MR) is 145 cm³/mol. The second-order valence-corrected chi connectivity index (χ2v) is 12.7. The molecule has 5 aliphatic rings. The van der Waals surface area contributed by atoms with E-state index in [4.69, 9.17) is 0 Å². The summed E-state index contributed by atoms with van der Waals surface area (Å²) in [6.07, 6.45) is 11.5.